The predicted octanol–water partition coefficient (Wildman–Crippen LogP) is 3.55. The van der Waals surface area contributed by atoms with Gasteiger partial charge in [-0.3, -0.25) is 0 Å². The maximum Gasteiger partial charge on any atom is 0.119 e. The summed E-state index contributed by atoms with van der Waals surface area (Å²) in [6.07, 6.45) is 3.93. The van der Waals surface area contributed by atoms with Crippen LogP contribution >= 0.6 is 11.8 Å². The van der Waals surface area contributed by atoms with Gasteiger partial charge in [0.05, 0.1) is 18.5 Å². The van der Waals surface area contributed by atoms with Crippen LogP contribution in [0.5, 0.6) is 5.75 Å². The predicted molar refractivity (Wildman–Crippen MR) is 82.9 cm³/mol. The van der Waals surface area contributed by atoms with Gasteiger partial charge >= 0.3 is 0 Å². The molecule has 3 aromatic rings. The molecule has 3 heterocycles. The molecule has 4 rings (SSSR count). The smallest absolute Gasteiger partial charge is 0.119 e. The second kappa shape index (κ2) is 4.93. The number of nitrogens with zero attached hydrogens (tertiary/aromatic N) is 3. The van der Waals surface area contributed by atoms with E-state index in [0.29, 0.717) is 0 Å². The molecule has 0 fully saturated rings. The maximum absolute atomic E-state index is 5.19. The average molecular weight is 295 g/mol. The van der Waals surface area contributed by atoms with E-state index in [-0.39, 0.29) is 0 Å². The molecular weight excluding hydrogens is 282 g/mol. The van der Waals surface area contributed by atoms with Crippen molar-refractivity contribution in [1.29, 1.82) is 0 Å². The van der Waals surface area contributed by atoms with Gasteiger partial charge in [0.25, 0.3) is 0 Å². The van der Waals surface area contributed by atoms with Gasteiger partial charge in [0.1, 0.15) is 10.8 Å². The summed E-state index contributed by atoms with van der Waals surface area (Å²) < 4.78 is 7.11. The Hall–Kier alpha value is -2.27. The lowest BCUT2D eigenvalue weighted by Crippen LogP contribution is -1.97. The number of benzene rings is 1. The van der Waals surface area contributed by atoms with E-state index in [1.54, 1.807) is 18.9 Å². The second-order valence-electron chi connectivity index (χ2n) is 4.79. The Morgan fingerprint density at radius 1 is 1.19 bits per heavy atom. The highest BCUT2D eigenvalue weighted by Crippen LogP contribution is 2.39. The van der Waals surface area contributed by atoms with Crippen LogP contribution in [0.25, 0.3) is 16.9 Å². The topological polar surface area (TPSA) is 39.9 Å². The first-order chi connectivity index (χ1) is 10.3. The summed E-state index contributed by atoms with van der Waals surface area (Å²) in [6.45, 7) is 0. The molecule has 4 nitrogen and oxygen atoms in total. The fraction of sp³-hybridized carbons (Fsp3) is 0.125. The van der Waals surface area contributed by atoms with E-state index < -0.39 is 0 Å². The lowest BCUT2D eigenvalue weighted by molar-refractivity contribution is 0.414. The van der Waals surface area contributed by atoms with Crippen LogP contribution in [-0.2, 0) is 5.75 Å². The van der Waals surface area contributed by atoms with Crippen molar-refractivity contribution in [3.05, 3.63) is 54.4 Å². The normalized spacial score (nSPS) is 12.6. The SMILES string of the molecule is COc1ccc(-n2cc3c(n2)-c2cccnc2SC3)cc1. The summed E-state index contributed by atoms with van der Waals surface area (Å²) in [6, 6.07) is 11.9. The third-order valence-electron chi connectivity index (χ3n) is 3.52. The Labute approximate surface area is 126 Å². The van der Waals surface area contributed by atoms with Gasteiger partial charge in [-0.1, -0.05) is 0 Å². The van der Waals surface area contributed by atoms with Gasteiger partial charge in [0.2, 0.25) is 0 Å². The van der Waals surface area contributed by atoms with E-state index in [0.717, 1.165) is 33.5 Å². The number of pyridine rings is 1. The Morgan fingerprint density at radius 3 is 2.86 bits per heavy atom. The van der Waals surface area contributed by atoms with Crippen LogP contribution in [0.1, 0.15) is 5.56 Å². The summed E-state index contributed by atoms with van der Waals surface area (Å²) in [7, 11) is 1.67. The Bertz CT molecular complexity index is 796. The van der Waals surface area contributed by atoms with Crippen molar-refractivity contribution in [3.63, 3.8) is 0 Å². The van der Waals surface area contributed by atoms with Crippen molar-refractivity contribution in [2.45, 2.75) is 10.8 Å². The molecule has 0 N–H and O–H groups in total. The highest BCUT2D eigenvalue weighted by Gasteiger charge is 2.21. The molecule has 21 heavy (non-hydrogen) atoms. The van der Waals surface area contributed by atoms with Crippen molar-refractivity contribution in [2.24, 2.45) is 0 Å². The third kappa shape index (κ3) is 2.10. The van der Waals surface area contributed by atoms with E-state index in [1.807, 2.05) is 41.2 Å². The number of aromatic nitrogens is 3. The highest BCUT2D eigenvalue weighted by atomic mass is 32.2. The van der Waals surface area contributed by atoms with Crippen LogP contribution in [0.15, 0.2) is 53.8 Å². The highest BCUT2D eigenvalue weighted by molar-refractivity contribution is 7.98. The minimum atomic E-state index is 0.848. The molecule has 5 heteroatoms. The number of hydrogen-bond donors (Lipinski definition) is 0. The minimum Gasteiger partial charge on any atom is -0.497 e. The Balaban J connectivity index is 1.79. The van der Waals surface area contributed by atoms with E-state index in [1.165, 1.54) is 5.56 Å². The van der Waals surface area contributed by atoms with Crippen LogP contribution < -0.4 is 4.74 Å². The third-order valence-corrected chi connectivity index (χ3v) is 4.57. The Kier molecular flexibility index (Phi) is 2.93. The zero-order valence-electron chi connectivity index (χ0n) is 11.5. The van der Waals surface area contributed by atoms with Crippen molar-refractivity contribution in [2.75, 3.05) is 7.11 Å². The van der Waals surface area contributed by atoms with Crippen LogP contribution in [-0.4, -0.2) is 21.9 Å². The fourth-order valence-corrected chi connectivity index (χ4v) is 3.40. The van der Waals surface area contributed by atoms with Gasteiger partial charge in [0.15, 0.2) is 0 Å². The number of rotatable bonds is 2. The lowest BCUT2D eigenvalue weighted by atomic mass is 10.1. The van der Waals surface area contributed by atoms with E-state index in [9.17, 15) is 0 Å². The first-order valence-corrected chi connectivity index (χ1v) is 7.65. The quantitative estimate of drug-likeness (QED) is 0.725. The monoisotopic (exact) mass is 295 g/mol. The van der Waals surface area contributed by atoms with Crippen LogP contribution in [0.4, 0.5) is 0 Å². The summed E-state index contributed by atoms with van der Waals surface area (Å²) >= 11 is 1.76. The zero-order chi connectivity index (χ0) is 14.2. The molecule has 0 saturated heterocycles. The molecule has 0 aliphatic carbocycles. The fourth-order valence-electron chi connectivity index (χ4n) is 2.44. The molecule has 0 atom stereocenters. The van der Waals surface area contributed by atoms with Crippen molar-refractivity contribution in [1.82, 2.24) is 14.8 Å². The number of ether oxygens (including phenoxy) is 1. The molecule has 1 aromatic carbocycles. The Morgan fingerprint density at radius 2 is 2.05 bits per heavy atom. The minimum absolute atomic E-state index is 0.848. The van der Waals surface area contributed by atoms with Crippen LogP contribution in [0.3, 0.4) is 0 Å². The zero-order valence-corrected chi connectivity index (χ0v) is 12.3. The number of hydrogen-bond acceptors (Lipinski definition) is 4. The number of methoxy groups -OCH3 is 1. The van der Waals surface area contributed by atoms with Crippen molar-refractivity contribution < 1.29 is 4.74 Å². The molecule has 0 radical (unpaired) electrons. The van der Waals surface area contributed by atoms with Crippen LogP contribution in [0.2, 0.25) is 0 Å². The molecule has 0 bridgehead atoms. The van der Waals surface area contributed by atoms with Crippen molar-refractivity contribution in [3.8, 4) is 22.7 Å². The molecule has 0 saturated carbocycles. The van der Waals surface area contributed by atoms with Gasteiger partial charge in [0, 0.05) is 29.3 Å². The summed E-state index contributed by atoms with van der Waals surface area (Å²) in [5.41, 5.74) is 4.43. The summed E-state index contributed by atoms with van der Waals surface area (Å²) in [4.78, 5) is 4.42. The molecule has 0 unspecified atom stereocenters. The van der Waals surface area contributed by atoms with Crippen molar-refractivity contribution >= 4 is 11.8 Å². The number of thioether (sulfide) groups is 1. The van der Waals surface area contributed by atoms with E-state index >= 15 is 0 Å². The van der Waals surface area contributed by atoms with Gasteiger partial charge < -0.3 is 4.74 Å². The standard InChI is InChI=1S/C16H13N3OS/c1-20-13-6-4-12(5-7-13)19-9-11-10-21-16-14(15(11)18-19)3-2-8-17-16/h2-9H,10H2,1H3. The first kappa shape index (κ1) is 12.5. The summed E-state index contributed by atoms with van der Waals surface area (Å²) in [5.74, 6) is 1.76. The molecule has 1 aliphatic rings. The van der Waals surface area contributed by atoms with E-state index in [2.05, 4.69) is 17.2 Å². The molecule has 2 aromatic heterocycles. The first-order valence-electron chi connectivity index (χ1n) is 6.66. The van der Waals surface area contributed by atoms with Gasteiger partial charge in [-0.2, -0.15) is 5.10 Å². The summed E-state index contributed by atoms with van der Waals surface area (Å²) in [5, 5.41) is 5.80. The molecule has 0 amide bonds. The molecule has 104 valence electrons. The van der Waals surface area contributed by atoms with Gasteiger partial charge in [-0.15, -0.1) is 11.8 Å². The number of fused-ring (bicyclic) bond motifs is 3. The molecule has 1 aliphatic heterocycles. The van der Waals surface area contributed by atoms with E-state index in [4.69, 9.17) is 9.84 Å². The van der Waals surface area contributed by atoms with Crippen LogP contribution in [0, 0.1) is 0 Å². The average Bonchev–Trinajstić information content (AvgIpc) is 2.99. The molecule has 0 spiro atoms. The van der Waals surface area contributed by atoms with Gasteiger partial charge in [-0.05, 0) is 36.4 Å². The maximum atomic E-state index is 5.19. The van der Waals surface area contributed by atoms with Gasteiger partial charge in [-0.25, -0.2) is 9.67 Å². The molecular formula is C16H13N3OS. The lowest BCUT2D eigenvalue weighted by Gasteiger charge is -2.12. The largest absolute Gasteiger partial charge is 0.497 e. The second-order valence-corrected chi connectivity index (χ2v) is 5.75.